The van der Waals surface area contributed by atoms with Gasteiger partial charge < -0.3 is 10.5 Å². The molecule has 2 rings (SSSR count). The molecule has 0 atom stereocenters. The van der Waals surface area contributed by atoms with Gasteiger partial charge in [-0.2, -0.15) is 4.31 Å². The zero-order chi connectivity index (χ0) is 15.5. The van der Waals surface area contributed by atoms with Crippen LogP contribution >= 0.6 is 11.6 Å². The SMILES string of the molecule is CCOC1CCN(S(=O)(=O)c2ccc(Cl)c(CN)c2)CC1. The maximum Gasteiger partial charge on any atom is 0.243 e. The fraction of sp³-hybridized carbons (Fsp3) is 0.571. The maximum atomic E-state index is 12.6. The normalized spacial score (nSPS) is 18.0. The Labute approximate surface area is 131 Å². The maximum absolute atomic E-state index is 12.6. The minimum absolute atomic E-state index is 0.159. The number of piperidine rings is 1. The number of nitrogens with zero attached hydrogens (tertiary/aromatic N) is 1. The second-order valence-electron chi connectivity index (χ2n) is 5.02. The summed E-state index contributed by atoms with van der Waals surface area (Å²) in [4.78, 5) is 0.252. The number of hydrogen-bond donors (Lipinski definition) is 1. The Balaban J connectivity index is 2.15. The molecule has 0 bridgehead atoms. The highest BCUT2D eigenvalue weighted by molar-refractivity contribution is 7.89. The second-order valence-corrected chi connectivity index (χ2v) is 7.36. The zero-order valence-corrected chi connectivity index (χ0v) is 13.7. The fourth-order valence-corrected chi connectivity index (χ4v) is 4.21. The summed E-state index contributed by atoms with van der Waals surface area (Å²) in [7, 11) is -3.49. The molecular weight excluding hydrogens is 312 g/mol. The minimum atomic E-state index is -3.49. The molecule has 0 amide bonds. The van der Waals surface area contributed by atoms with Gasteiger partial charge in [-0.15, -0.1) is 0 Å². The van der Waals surface area contributed by atoms with Gasteiger partial charge in [-0.1, -0.05) is 11.6 Å². The minimum Gasteiger partial charge on any atom is -0.378 e. The van der Waals surface area contributed by atoms with E-state index >= 15 is 0 Å². The van der Waals surface area contributed by atoms with E-state index in [2.05, 4.69) is 0 Å². The van der Waals surface area contributed by atoms with Crippen LogP contribution in [0, 0.1) is 0 Å². The lowest BCUT2D eigenvalue weighted by atomic mass is 10.1. The van der Waals surface area contributed by atoms with Crippen LogP contribution in [0.4, 0.5) is 0 Å². The number of benzene rings is 1. The fourth-order valence-electron chi connectivity index (χ4n) is 2.49. The van der Waals surface area contributed by atoms with Crippen molar-refractivity contribution in [1.29, 1.82) is 0 Å². The molecule has 1 aromatic rings. The summed E-state index contributed by atoms with van der Waals surface area (Å²) in [6.45, 7) is 3.79. The van der Waals surface area contributed by atoms with E-state index in [-0.39, 0.29) is 17.5 Å². The molecule has 1 fully saturated rings. The van der Waals surface area contributed by atoms with Crippen LogP contribution in [0.1, 0.15) is 25.3 Å². The lowest BCUT2D eigenvalue weighted by Crippen LogP contribution is -2.40. The van der Waals surface area contributed by atoms with Gasteiger partial charge in [0.1, 0.15) is 0 Å². The third-order valence-electron chi connectivity index (χ3n) is 3.68. The van der Waals surface area contributed by atoms with Crippen molar-refractivity contribution < 1.29 is 13.2 Å². The molecular formula is C14H21ClN2O3S. The molecule has 1 aliphatic heterocycles. The van der Waals surface area contributed by atoms with E-state index in [0.29, 0.717) is 30.3 Å². The summed E-state index contributed by atoms with van der Waals surface area (Å²) in [5, 5.41) is 0.492. The van der Waals surface area contributed by atoms with Crippen LogP contribution in [0.25, 0.3) is 0 Å². The Morgan fingerprint density at radius 2 is 2.05 bits per heavy atom. The Kier molecular flexibility index (Phi) is 5.62. The zero-order valence-electron chi connectivity index (χ0n) is 12.1. The van der Waals surface area contributed by atoms with Crippen molar-refractivity contribution in [2.24, 2.45) is 5.73 Å². The van der Waals surface area contributed by atoms with Crippen LogP contribution in [0.15, 0.2) is 23.1 Å². The molecule has 5 nitrogen and oxygen atoms in total. The number of sulfonamides is 1. The highest BCUT2D eigenvalue weighted by Crippen LogP contribution is 2.25. The van der Waals surface area contributed by atoms with Crippen molar-refractivity contribution in [2.45, 2.75) is 37.3 Å². The van der Waals surface area contributed by atoms with Crippen molar-refractivity contribution in [1.82, 2.24) is 4.31 Å². The van der Waals surface area contributed by atoms with E-state index in [1.807, 2.05) is 6.92 Å². The van der Waals surface area contributed by atoms with Crippen LogP contribution in [-0.2, 0) is 21.3 Å². The molecule has 0 unspecified atom stereocenters. The molecule has 0 saturated carbocycles. The van der Waals surface area contributed by atoms with Gasteiger partial charge in [0.15, 0.2) is 0 Å². The van der Waals surface area contributed by atoms with E-state index in [1.165, 1.54) is 10.4 Å². The first kappa shape index (κ1) is 16.7. The standard InChI is InChI=1S/C14H21ClN2O3S/c1-2-20-12-5-7-17(8-6-12)21(18,19)13-3-4-14(15)11(9-13)10-16/h3-4,9,12H,2,5-8,10,16H2,1H3. The first-order valence-corrected chi connectivity index (χ1v) is 8.91. The Morgan fingerprint density at radius 1 is 1.38 bits per heavy atom. The highest BCUT2D eigenvalue weighted by atomic mass is 35.5. The number of hydrogen-bond acceptors (Lipinski definition) is 4. The summed E-state index contributed by atoms with van der Waals surface area (Å²) in [6.07, 6.45) is 1.61. The molecule has 0 radical (unpaired) electrons. The molecule has 1 heterocycles. The van der Waals surface area contributed by atoms with Crippen molar-refractivity contribution >= 4 is 21.6 Å². The smallest absolute Gasteiger partial charge is 0.243 e. The monoisotopic (exact) mass is 332 g/mol. The lowest BCUT2D eigenvalue weighted by molar-refractivity contribution is 0.0290. The number of ether oxygens (including phenoxy) is 1. The third kappa shape index (κ3) is 3.76. The van der Waals surface area contributed by atoms with Crippen molar-refractivity contribution in [2.75, 3.05) is 19.7 Å². The summed E-state index contributed by atoms with van der Waals surface area (Å²) in [5.41, 5.74) is 6.22. The summed E-state index contributed by atoms with van der Waals surface area (Å²) in [5.74, 6) is 0. The quantitative estimate of drug-likeness (QED) is 0.895. The summed E-state index contributed by atoms with van der Waals surface area (Å²) < 4.78 is 32.3. The first-order valence-electron chi connectivity index (χ1n) is 7.09. The lowest BCUT2D eigenvalue weighted by Gasteiger charge is -2.31. The summed E-state index contributed by atoms with van der Waals surface area (Å²) in [6, 6.07) is 4.68. The van der Waals surface area contributed by atoms with Gasteiger partial charge in [0, 0.05) is 31.3 Å². The molecule has 2 N–H and O–H groups in total. The second kappa shape index (κ2) is 7.07. The van der Waals surface area contributed by atoms with Gasteiger partial charge in [0.2, 0.25) is 10.0 Å². The van der Waals surface area contributed by atoms with E-state index in [4.69, 9.17) is 22.1 Å². The molecule has 118 valence electrons. The topological polar surface area (TPSA) is 72.6 Å². The molecule has 1 aromatic carbocycles. The van der Waals surface area contributed by atoms with E-state index < -0.39 is 10.0 Å². The van der Waals surface area contributed by atoms with Gasteiger partial charge in [0.25, 0.3) is 0 Å². The highest BCUT2D eigenvalue weighted by Gasteiger charge is 2.29. The van der Waals surface area contributed by atoms with E-state index in [1.54, 1.807) is 12.1 Å². The van der Waals surface area contributed by atoms with Crippen LogP contribution < -0.4 is 5.73 Å². The molecule has 0 aromatic heterocycles. The van der Waals surface area contributed by atoms with Gasteiger partial charge in [-0.3, -0.25) is 0 Å². The number of rotatable bonds is 5. The molecule has 7 heteroatoms. The molecule has 1 aliphatic rings. The molecule has 0 aliphatic carbocycles. The predicted octanol–water partition coefficient (Wildman–Crippen LogP) is 1.99. The number of halogens is 1. The van der Waals surface area contributed by atoms with Crippen LogP contribution in [0.5, 0.6) is 0 Å². The average molecular weight is 333 g/mol. The van der Waals surface area contributed by atoms with Gasteiger partial charge >= 0.3 is 0 Å². The molecule has 1 saturated heterocycles. The third-order valence-corrected chi connectivity index (χ3v) is 5.94. The Bertz CT molecular complexity index is 584. The van der Waals surface area contributed by atoms with Crippen LogP contribution in [0.3, 0.4) is 0 Å². The van der Waals surface area contributed by atoms with Crippen molar-refractivity contribution in [3.8, 4) is 0 Å². The summed E-state index contributed by atoms with van der Waals surface area (Å²) >= 11 is 5.98. The van der Waals surface area contributed by atoms with Crippen molar-refractivity contribution in [3.05, 3.63) is 28.8 Å². The van der Waals surface area contributed by atoms with Crippen molar-refractivity contribution in [3.63, 3.8) is 0 Å². The van der Waals surface area contributed by atoms with Crippen LogP contribution in [0.2, 0.25) is 5.02 Å². The average Bonchev–Trinajstić information content (AvgIpc) is 2.48. The first-order chi connectivity index (χ1) is 9.98. The largest absolute Gasteiger partial charge is 0.378 e. The van der Waals surface area contributed by atoms with E-state index in [9.17, 15) is 8.42 Å². The van der Waals surface area contributed by atoms with Gasteiger partial charge in [0.05, 0.1) is 11.0 Å². The number of nitrogens with two attached hydrogens (primary N) is 1. The Hall–Kier alpha value is -0.660. The van der Waals surface area contributed by atoms with E-state index in [0.717, 1.165) is 12.8 Å². The van der Waals surface area contributed by atoms with Gasteiger partial charge in [-0.05, 0) is 43.5 Å². The molecule has 21 heavy (non-hydrogen) atoms. The van der Waals surface area contributed by atoms with Gasteiger partial charge in [-0.25, -0.2) is 8.42 Å². The predicted molar refractivity (Wildman–Crippen MR) is 82.8 cm³/mol. The Morgan fingerprint density at radius 3 is 2.62 bits per heavy atom. The molecule has 0 spiro atoms. The van der Waals surface area contributed by atoms with Crippen LogP contribution in [-0.4, -0.2) is 38.5 Å².